The molecule has 0 unspecified atom stereocenters. The third-order valence-corrected chi connectivity index (χ3v) is 5.91. The zero-order chi connectivity index (χ0) is 21.4. The van der Waals surface area contributed by atoms with Gasteiger partial charge in [-0.15, -0.1) is 0 Å². The fourth-order valence-electron chi connectivity index (χ4n) is 3.04. The molecule has 1 fully saturated rings. The molecule has 1 N–H and O–H groups in total. The van der Waals surface area contributed by atoms with E-state index in [0.717, 1.165) is 20.1 Å². The van der Waals surface area contributed by atoms with E-state index in [9.17, 15) is 9.59 Å². The van der Waals surface area contributed by atoms with Gasteiger partial charge in [-0.05, 0) is 73.2 Å². The van der Waals surface area contributed by atoms with Crippen LogP contribution in [0.5, 0.6) is 0 Å². The molecule has 4 rings (SSSR count). The number of carbonyl (C=O) groups is 2. The topological polar surface area (TPSA) is 62.6 Å². The van der Waals surface area contributed by atoms with Gasteiger partial charge in [0.15, 0.2) is 5.11 Å². The Labute approximate surface area is 195 Å². The summed E-state index contributed by atoms with van der Waals surface area (Å²) < 4.78 is 7.57. The molecule has 1 aliphatic heterocycles. The summed E-state index contributed by atoms with van der Waals surface area (Å²) in [6, 6.07) is 16.5. The lowest BCUT2D eigenvalue weighted by atomic mass is 10.1. The fourth-order valence-corrected chi connectivity index (χ4v) is 4.40. The van der Waals surface area contributed by atoms with Gasteiger partial charge >= 0.3 is 0 Å². The average molecular weight is 546 g/mol. The summed E-state index contributed by atoms with van der Waals surface area (Å²) in [4.78, 5) is 26.8. The maximum Gasteiger partial charge on any atom is 0.270 e. The average Bonchev–Trinajstić information content (AvgIpc) is 3.13. The van der Waals surface area contributed by atoms with Crippen molar-refractivity contribution in [1.82, 2.24) is 5.32 Å². The van der Waals surface area contributed by atoms with E-state index < -0.39 is 11.8 Å². The molecule has 8 heteroatoms. The van der Waals surface area contributed by atoms with Gasteiger partial charge in [-0.2, -0.15) is 0 Å². The lowest BCUT2D eigenvalue weighted by Crippen LogP contribution is -2.54. The van der Waals surface area contributed by atoms with Crippen LogP contribution in [-0.2, 0) is 9.59 Å². The number of anilines is 1. The Hall–Kier alpha value is -2.55. The third kappa shape index (κ3) is 4.03. The van der Waals surface area contributed by atoms with Gasteiger partial charge in [0.1, 0.15) is 17.1 Å². The molecule has 0 aliphatic carbocycles. The zero-order valence-electron chi connectivity index (χ0n) is 15.6. The van der Waals surface area contributed by atoms with E-state index in [1.807, 2.05) is 31.2 Å². The molecule has 3 aromatic rings. The lowest BCUT2D eigenvalue weighted by Gasteiger charge is -2.28. The number of nitrogens with one attached hydrogen (secondary N) is 1. The van der Waals surface area contributed by atoms with Crippen molar-refractivity contribution in [2.45, 2.75) is 6.92 Å². The van der Waals surface area contributed by atoms with Crippen LogP contribution in [0.2, 0.25) is 0 Å². The largest absolute Gasteiger partial charge is 0.457 e. The third-order valence-electron chi connectivity index (χ3n) is 4.47. The predicted octanol–water partition coefficient (Wildman–Crippen LogP) is 5.61. The van der Waals surface area contributed by atoms with Crippen molar-refractivity contribution in [3.63, 3.8) is 0 Å². The first-order valence-corrected chi connectivity index (χ1v) is 10.9. The van der Waals surface area contributed by atoms with Gasteiger partial charge in [0, 0.05) is 14.5 Å². The molecule has 0 atom stereocenters. The van der Waals surface area contributed by atoms with Crippen LogP contribution in [0.3, 0.4) is 0 Å². The summed E-state index contributed by atoms with van der Waals surface area (Å²) in [5, 5.41) is 2.60. The molecule has 1 saturated heterocycles. The minimum absolute atomic E-state index is 0.0315. The molecular formula is C22H14Br2N2O3S. The molecular weight excluding hydrogens is 532 g/mol. The first-order valence-electron chi connectivity index (χ1n) is 8.87. The Bertz CT molecular complexity index is 1230. The van der Waals surface area contributed by atoms with Crippen LogP contribution in [0.1, 0.15) is 11.3 Å². The molecule has 2 heterocycles. The summed E-state index contributed by atoms with van der Waals surface area (Å²) in [5.41, 5.74) is 2.48. The van der Waals surface area contributed by atoms with Crippen molar-refractivity contribution in [2.24, 2.45) is 0 Å². The summed E-state index contributed by atoms with van der Waals surface area (Å²) >= 11 is 12.1. The summed E-state index contributed by atoms with van der Waals surface area (Å²) in [7, 11) is 0. The van der Waals surface area contributed by atoms with Crippen molar-refractivity contribution in [1.29, 1.82) is 0 Å². The van der Waals surface area contributed by atoms with E-state index in [1.54, 1.807) is 30.3 Å². The van der Waals surface area contributed by atoms with Crippen molar-refractivity contribution in [2.75, 3.05) is 4.90 Å². The Balaban J connectivity index is 1.69. The van der Waals surface area contributed by atoms with Crippen LogP contribution in [-0.4, -0.2) is 16.9 Å². The number of amides is 2. The second-order valence-corrected chi connectivity index (χ2v) is 8.78. The van der Waals surface area contributed by atoms with Crippen molar-refractivity contribution in [3.8, 4) is 11.3 Å². The number of benzene rings is 2. The van der Waals surface area contributed by atoms with Crippen molar-refractivity contribution in [3.05, 3.63) is 80.4 Å². The minimum Gasteiger partial charge on any atom is -0.457 e. The summed E-state index contributed by atoms with van der Waals surface area (Å²) in [6.07, 6.45) is 1.43. The van der Waals surface area contributed by atoms with Crippen LogP contribution in [0.25, 0.3) is 17.4 Å². The normalized spacial score (nSPS) is 15.6. The quantitative estimate of drug-likeness (QED) is 0.264. The smallest absolute Gasteiger partial charge is 0.270 e. The van der Waals surface area contributed by atoms with Gasteiger partial charge in [0.25, 0.3) is 11.8 Å². The second kappa shape index (κ2) is 8.29. The van der Waals surface area contributed by atoms with Gasteiger partial charge in [0.05, 0.1) is 5.69 Å². The Morgan fingerprint density at radius 2 is 1.87 bits per heavy atom. The Kier molecular flexibility index (Phi) is 5.73. The molecule has 1 aliphatic rings. The van der Waals surface area contributed by atoms with Crippen LogP contribution in [0.15, 0.2) is 73.5 Å². The van der Waals surface area contributed by atoms with Crippen LogP contribution >= 0.6 is 44.1 Å². The first-order chi connectivity index (χ1) is 14.3. The van der Waals surface area contributed by atoms with Gasteiger partial charge < -0.3 is 4.42 Å². The number of rotatable bonds is 3. The first kappa shape index (κ1) is 20.7. The molecule has 150 valence electrons. The number of thiocarbonyl (C=S) groups is 1. The number of hydrogen-bond acceptors (Lipinski definition) is 4. The Morgan fingerprint density at radius 1 is 1.07 bits per heavy atom. The molecule has 0 saturated carbocycles. The molecule has 0 bridgehead atoms. The van der Waals surface area contributed by atoms with Crippen LogP contribution in [0.4, 0.5) is 5.69 Å². The number of halogens is 2. The number of aryl methyl sites for hydroxylation is 1. The highest BCUT2D eigenvalue weighted by atomic mass is 79.9. The number of nitrogens with zero attached hydrogens (tertiary/aromatic N) is 1. The predicted molar refractivity (Wildman–Crippen MR) is 127 cm³/mol. The van der Waals surface area contributed by atoms with E-state index in [1.165, 1.54) is 11.0 Å². The van der Waals surface area contributed by atoms with Crippen molar-refractivity contribution < 1.29 is 14.0 Å². The van der Waals surface area contributed by atoms with Crippen LogP contribution < -0.4 is 10.2 Å². The van der Waals surface area contributed by atoms with E-state index >= 15 is 0 Å². The number of furan rings is 1. The zero-order valence-corrected chi connectivity index (χ0v) is 19.6. The van der Waals surface area contributed by atoms with E-state index in [2.05, 4.69) is 37.2 Å². The molecule has 1 aromatic heterocycles. The van der Waals surface area contributed by atoms with Crippen LogP contribution in [0, 0.1) is 6.92 Å². The van der Waals surface area contributed by atoms with E-state index in [-0.39, 0.29) is 10.7 Å². The second-order valence-electron chi connectivity index (χ2n) is 6.62. The van der Waals surface area contributed by atoms with Gasteiger partial charge in [-0.1, -0.05) is 44.0 Å². The summed E-state index contributed by atoms with van der Waals surface area (Å²) in [5.74, 6) is -0.0724. The highest BCUT2D eigenvalue weighted by molar-refractivity contribution is 9.10. The molecule has 2 amide bonds. The standard InChI is InChI=1S/C22H14Br2N2O3S/c1-12-5-7-16(18(24)9-12)19-8-6-15(29-19)11-17-20(27)25-22(30)26(21(17)28)14-4-2-3-13(23)10-14/h2-11H,1H3,(H,25,27,30)/b17-11-. The summed E-state index contributed by atoms with van der Waals surface area (Å²) in [6.45, 7) is 2.00. The van der Waals surface area contributed by atoms with Gasteiger partial charge in [-0.3, -0.25) is 19.8 Å². The monoisotopic (exact) mass is 544 g/mol. The highest BCUT2D eigenvalue weighted by Gasteiger charge is 2.34. The SMILES string of the molecule is Cc1ccc(-c2ccc(/C=C3/C(=O)NC(=S)N(c4cccc(Br)c4)C3=O)o2)c(Br)c1. The van der Waals surface area contributed by atoms with E-state index in [4.69, 9.17) is 16.6 Å². The van der Waals surface area contributed by atoms with E-state index in [0.29, 0.717) is 17.2 Å². The van der Waals surface area contributed by atoms with Gasteiger partial charge in [-0.25, -0.2) is 0 Å². The minimum atomic E-state index is -0.564. The molecule has 30 heavy (non-hydrogen) atoms. The maximum atomic E-state index is 13.1. The molecule has 2 aromatic carbocycles. The molecule has 0 radical (unpaired) electrons. The van der Waals surface area contributed by atoms with Gasteiger partial charge in [0.2, 0.25) is 0 Å². The maximum absolute atomic E-state index is 13.1. The fraction of sp³-hybridized carbons (Fsp3) is 0.0455. The lowest BCUT2D eigenvalue weighted by molar-refractivity contribution is -0.122. The molecule has 5 nitrogen and oxygen atoms in total. The number of hydrogen-bond donors (Lipinski definition) is 1. The highest BCUT2D eigenvalue weighted by Crippen LogP contribution is 2.31. The number of carbonyl (C=O) groups excluding carboxylic acids is 2. The molecule has 0 spiro atoms. The van der Waals surface area contributed by atoms with Crippen molar-refractivity contribution >= 4 is 72.8 Å². The Morgan fingerprint density at radius 3 is 2.60 bits per heavy atom.